The number of esters is 1. The number of rotatable bonds is 6. The summed E-state index contributed by atoms with van der Waals surface area (Å²) in [5.74, 6) is -1.17. The van der Waals surface area contributed by atoms with Crippen LogP contribution in [0.15, 0.2) is 83.6 Å². The highest BCUT2D eigenvalue weighted by Gasteiger charge is 2.26. The van der Waals surface area contributed by atoms with E-state index in [-0.39, 0.29) is 22.0 Å². The lowest BCUT2D eigenvalue weighted by atomic mass is 9.96. The molecule has 1 N–H and O–H groups in total. The fraction of sp³-hybridized carbons (Fsp3) is 0.103. The first kappa shape index (κ1) is 26.1. The first-order valence-corrected chi connectivity index (χ1v) is 13.2. The minimum Gasteiger partial charge on any atom is -0.467 e. The number of nitrogens with zero attached hydrogens (tertiary/aromatic N) is 2. The van der Waals surface area contributed by atoms with Crippen LogP contribution in [0.2, 0.25) is 10.0 Å². The number of hydrogen-bond donors (Lipinski definition) is 1. The van der Waals surface area contributed by atoms with Crippen LogP contribution < -0.4 is 5.32 Å². The molecule has 5 aromatic rings. The van der Waals surface area contributed by atoms with E-state index < -0.39 is 17.9 Å². The maximum Gasteiger partial charge on any atom is 0.328 e. The number of carbonyl (C=O) groups is 2. The van der Waals surface area contributed by atoms with Gasteiger partial charge < -0.3 is 10.1 Å². The Bertz CT molecular complexity index is 1690. The second kappa shape index (κ2) is 11.1. The molecule has 5 rings (SSSR count). The van der Waals surface area contributed by atoms with Crippen LogP contribution in [-0.2, 0) is 16.0 Å². The van der Waals surface area contributed by atoms with E-state index in [1.165, 1.54) is 7.11 Å². The van der Waals surface area contributed by atoms with Gasteiger partial charge in [-0.3, -0.25) is 14.8 Å². The van der Waals surface area contributed by atoms with Crippen molar-refractivity contribution in [2.45, 2.75) is 12.5 Å². The maximum atomic E-state index is 13.0. The van der Waals surface area contributed by atoms with Crippen molar-refractivity contribution in [1.82, 2.24) is 15.3 Å². The molecule has 6 nitrogen and oxygen atoms in total. The number of carbonyl (C=O) groups excluding carboxylic acids is 2. The molecule has 0 bridgehead atoms. The third-order valence-corrected chi connectivity index (χ3v) is 7.69. The molecule has 2 heterocycles. The molecule has 0 unspecified atom stereocenters. The predicted octanol–water partition coefficient (Wildman–Crippen LogP) is 7.03. The average molecular weight is 609 g/mol. The molecule has 0 aliphatic rings. The highest BCUT2D eigenvalue weighted by molar-refractivity contribution is 9.10. The third-order valence-electron chi connectivity index (χ3n) is 6.26. The van der Waals surface area contributed by atoms with Crippen molar-refractivity contribution < 1.29 is 14.3 Å². The summed E-state index contributed by atoms with van der Waals surface area (Å²) in [4.78, 5) is 35.1. The Hall–Kier alpha value is -3.52. The van der Waals surface area contributed by atoms with Gasteiger partial charge in [0, 0.05) is 35.2 Å². The van der Waals surface area contributed by atoms with Crippen LogP contribution in [0.25, 0.3) is 32.9 Å². The molecule has 0 radical (unpaired) electrons. The number of hydrogen-bond acceptors (Lipinski definition) is 5. The zero-order valence-corrected chi connectivity index (χ0v) is 23.1. The van der Waals surface area contributed by atoms with Crippen LogP contribution in [0.3, 0.4) is 0 Å². The van der Waals surface area contributed by atoms with Gasteiger partial charge in [0.2, 0.25) is 0 Å². The molecule has 0 saturated heterocycles. The first-order chi connectivity index (χ1) is 18.4. The van der Waals surface area contributed by atoms with Crippen molar-refractivity contribution in [3.8, 4) is 11.3 Å². The van der Waals surface area contributed by atoms with Crippen LogP contribution in [0.4, 0.5) is 0 Å². The van der Waals surface area contributed by atoms with E-state index in [1.807, 2.05) is 54.7 Å². The molecular weight excluding hydrogens is 589 g/mol. The van der Waals surface area contributed by atoms with E-state index in [9.17, 15) is 9.59 Å². The number of amides is 1. The smallest absolute Gasteiger partial charge is 0.328 e. The van der Waals surface area contributed by atoms with E-state index in [4.69, 9.17) is 32.9 Å². The molecule has 1 amide bonds. The Labute approximate surface area is 237 Å². The van der Waals surface area contributed by atoms with Gasteiger partial charge in [0.1, 0.15) is 6.04 Å². The summed E-state index contributed by atoms with van der Waals surface area (Å²) in [7, 11) is 1.27. The zero-order valence-electron chi connectivity index (χ0n) is 20.0. The van der Waals surface area contributed by atoms with Gasteiger partial charge in [0.05, 0.1) is 38.4 Å². The zero-order chi connectivity index (χ0) is 26.8. The van der Waals surface area contributed by atoms with Crippen molar-refractivity contribution in [2.75, 3.05) is 7.11 Å². The number of fused-ring (bicyclic) bond motifs is 2. The lowest BCUT2D eigenvalue weighted by Crippen LogP contribution is -2.43. The molecule has 0 fully saturated rings. The van der Waals surface area contributed by atoms with Gasteiger partial charge in [-0.25, -0.2) is 4.79 Å². The van der Waals surface area contributed by atoms with E-state index in [2.05, 4.69) is 26.2 Å². The molecule has 0 saturated carbocycles. The molecule has 0 aliphatic heterocycles. The molecule has 38 heavy (non-hydrogen) atoms. The standard InChI is InChI=1S/C29H20BrCl2N3O3/c1-38-29(37)23(35-28(36)24-21(31)9-4-10-22(24)32)14-16-11-12-20(26-19(16)8-5-13-33-26)27-25(30)18-7-3-2-6-17(18)15-34-27/h2-13,15,23H,14H2,1H3,(H,35,36)/t23-/m0/s1. The fourth-order valence-electron chi connectivity index (χ4n) is 4.42. The van der Waals surface area contributed by atoms with E-state index in [0.29, 0.717) is 0 Å². The van der Waals surface area contributed by atoms with Crippen LogP contribution in [0.1, 0.15) is 15.9 Å². The minimum atomic E-state index is -0.986. The SMILES string of the molecule is COC(=O)[C@H](Cc1ccc(-c2ncc3ccccc3c2Br)c2ncccc12)NC(=O)c1c(Cl)cccc1Cl. The Morgan fingerprint density at radius 1 is 0.947 bits per heavy atom. The van der Waals surface area contributed by atoms with Crippen molar-refractivity contribution in [2.24, 2.45) is 0 Å². The number of halogens is 3. The molecule has 0 spiro atoms. The van der Waals surface area contributed by atoms with E-state index >= 15 is 0 Å². The van der Waals surface area contributed by atoms with Gasteiger partial charge in [-0.1, -0.05) is 71.7 Å². The second-order valence-electron chi connectivity index (χ2n) is 8.53. The van der Waals surface area contributed by atoms with Crippen LogP contribution in [0.5, 0.6) is 0 Å². The van der Waals surface area contributed by atoms with Gasteiger partial charge >= 0.3 is 5.97 Å². The highest BCUT2D eigenvalue weighted by Crippen LogP contribution is 2.36. The Balaban J connectivity index is 1.54. The monoisotopic (exact) mass is 607 g/mol. The summed E-state index contributed by atoms with van der Waals surface area (Å²) in [5, 5.41) is 5.99. The summed E-state index contributed by atoms with van der Waals surface area (Å²) in [6.45, 7) is 0. The predicted molar refractivity (Wildman–Crippen MR) is 154 cm³/mol. The van der Waals surface area contributed by atoms with Crippen molar-refractivity contribution >= 4 is 72.7 Å². The fourth-order valence-corrected chi connectivity index (χ4v) is 5.66. The summed E-state index contributed by atoms with van der Waals surface area (Å²) in [5.41, 5.74) is 3.21. The Morgan fingerprint density at radius 3 is 2.45 bits per heavy atom. The maximum absolute atomic E-state index is 13.0. The van der Waals surface area contributed by atoms with Crippen LogP contribution in [0, 0.1) is 0 Å². The summed E-state index contributed by atoms with van der Waals surface area (Å²) < 4.78 is 5.86. The van der Waals surface area contributed by atoms with Crippen LogP contribution in [-0.4, -0.2) is 35.0 Å². The Morgan fingerprint density at radius 2 is 1.68 bits per heavy atom. The largest absolute Gasteiger partial charge is 0.467 e. The average Bonchev–Trinajstić information content (AvgIpc) is 2.93. The lowest BCUT2D eigenvalue weighted by molar-refractivity contribution is -0.142. The molecule has 3 aromatic carbocycles. The topological polar surface area (TPSA) is 81.2 Å². The number of aromatic nitrogens is 2. The molecule has 0 aliphatic carbocycles. The van der Waals surface area contributed by atoms with Gasteiger partial charge in [0.15, 0.2) is 0 Å². The molecule has 9 heteroatoms. The summed E-state index contributed by atoms with van der Waals surface area (Å²) in [6, 6.07) is 19.4. The third kappa shape index (κ3) is 4.97. The molecule has 190 valence electrons. The van der Waals surface area contributed by atoms with Gasteiger partial charge in [-0.15, -0.1) is 0 Å². The number of nitrogens with one attached hydrogen (secondary N) is 1. The summed E-state index contributed by atoms with van der Waals surface area (Å²) >= 11 is 16.1. The molecular formula is C29H20BrCl2N3O3. The van der Waals surface area contributed by atoms with Gasteiger partial charge in [-0.2, -0.15) is 0 Å². The summed E-state index contributed by atoms with van der Waals surface area (Å²) in [6.07, 6.45) is 3.71. The number of pyridine rings is 2. The van der Waals surface area contributed by atoms with Crippen molar-refractivity contribution in [3.05, 3.63) is 105 Å². The van der Waals surface area contributed by atoms with Gasteiger partial charge in [0.25, 0.3) is 5.91 Å². The van der Waals surface area contributed by atoms with Crippen molar-refractivity contribution in [1.29, 1.82) is 0 Å². The number of methoxy groups -OCH3 is 1. The Kier molecular flexibility index (Phi) is 7.61. The minimum absolute atomic E-state index is 0.0961. The first-order valence-electron chi connectivity index (χ1n) is 11.6. The molecule has 1 atom stereocenters. The second-order valence-corrected chi connectivity index (χ2v) is 10.1. The number of benzene rings is 3. The van der Waals surface area contributed by atoms with Gasteiger partial charge in [-0.05, 0) is 45.1 Å². The highest BCUT2D eigenvalue weighted by atomic mass is 79.9. The quantitative estimate of drug-likeness (QED) is 0.209. The van der Waals surface area contributed by atoms with Crippen LogP contribution >= 0.6 is 39.1 Å². The molecule has 2 aromatic heterocycles. The lowest BCUT2D eigenvalue weighted by Gasteiger charge is -2.19. The normalized spacial score (nSPS) is 11.9. The van der Waals surface area contributed by atoms with E-state index in [0.717, 1.165) is 43.0 Å². The van der Waals surface area contributed by atoms with E-state index in [1.54, 1.807) is 24.4 Å². The number of ether oxygens (including phenoxy) is 1. The van der Waals surface area contributed by atoms with Crippen molar-refractivity contribution in [3.63, 3.8) is 0 Å².